The summed E-state index contributed by atoms with van der Waals surface area (Å²) in [7, 11) is 0. The molecule has 2 nitrogen and oxygen atoms in total. The molecule has 2 aromatic carbocycles. The van der Waals surface area contributed by atoms with Crippen molar-refractivity contribution in [2.45, 2.75) is 25.6 Å². The molecule has 0 unspecified atom stereocenters. The number of halogens is 2. The summed E-state index contributed by atoms with van der Waals surface area (Å²) in [5.41, 5.74) is 2.81. The van der Waals surface area contributed by atoms with Crippen LogP contribution in [0.2, 0.25) is 5.02 Å². The molecular weight excluding hydrogens is 333 g/mol. The highest BCUT2D eigenvalue weighted by Crippen LogP contribution is 2.20. The van der Waals surface area contributed by atoms with Crippen LogP contribution in [0.25, 0.3) is 0 Å². The second kappa shape index (κ2) is 8.37. The van der Waals surface area contributed by atoms with Crippen LogP contribution in [0.5, 0.6) is 0 Å². The summed E-state index contributed by atoms with van der Waals surface area (Å²) in [6.07, 6.45) is 0. The fourth-order valence-corrected chi connectivity index (χ4v) is 3.10. The quantitative estimate of drug-likeness (QED) is 0.802. The van der Waals surface area contributed by atoms with Gasteiger partial charge in [0, 0.05) is 10.8 Å². The molecule has 0 saturated carbocycles. The molecule has 0 aliphatic heterocycles. The number of hydrogen-bond acceptors (Lipinski definition) is 2. The van der Waals surface area contributed by atoms with Gasteiger partial charge in [-0.15, -0.1) is 11.8 Å². The van der Waals surface area contributed by atoms with Crippen LogP contribution in [0.3, 0.4) is 0 Å². The smallest absolute Gasteiger partial charge is 0.230 e. The number of carbonyl (C=O) groups excluding carboxylic acids is 1. The molecule has 2 aromatic rings. The molecule has 1 N–H and O–H groups in total. The molecule has 5 heteroatoms. The van der Waals surface area contributed by atoms with Crippen molar-refractivity contribution in [3.05, 3.63) is 70.0 Å². The average molecular weight is 352 g/mol. The van der Waals surface area contributed by atoms with E-state index in [1.54, 1.807) is 12.1 Å². The van der Waals surface area contributed by atoms with Crippen molar-refractivity contribution in [1.29, 1.82) is 0 Å². The molecule has 0 bridgehead atoms. The topological polar surface area (TPSA) is 29.1 Å². The molecule has 1 amide bonds. The first-order valence-corrected chi connectivity index (χ1v) is 8.86. The summed E-state index contributed by atoms with van der Waals surface area (Å²) in [6, 6.07) is 12.6. The zero-order valence-corrected chi connectivity index (χ0v) is 14.7. The Morgan fingerprint density at radius 2 is 1.96 bits per heavy atom. The van der Waals surface area contributed by atoms with Gasteiger partial charge in [-0.05, 0) is 37.1 Å². The van der Waals surface area contributed by atoms with E-state index in [-0.39, 0.29) is 23.5 Å². The van der Waals surface area contributed by atoms with E-state index in [9.17, 15) is 9.18 Å². The highest BCUT2D eigenvalue weighted by molar-refractivity contribution is 7.99. The van der Waals surface area contributed by atoms with Crippen LogP contribution in [0.4, 0.5) is 4.39 Å². The molecule has 0 saturated heterocycles. The molecule has 0 fully saturated rings. The van der Waals surface area contributed by atoms with Crippen molar-refractivity contribution in [2.24, 2.45) is 0 Å². The van der Waals surface area contributed by atoms with Crippen molar-refractivity contribution in [2.75, 3.05) is 5.75 Å². The van der Waals surface area contributed by atoms with E-state index in [1.807, 2.05) is 38.1 Å². The molecular formula is C18H19ClFNOS. The molecule has 0 spiro atoms. The van der Waals surface area contributed by atoms with Gasteiger partial charge in [0.2, 0.25) is 5.91 Å². The molecule has 2 rings (SSSR count). The third kappa shape index (κ3) is 5.56. The molecule has 0 aliphatic rings. The lowest BCUT2D eigenvalue weighted by Gasteiger charge is -2.14. The van der Waals surface area contributed by atoms with Gasteiger partial charge in [0.05, 0.1) is 11.8 Å². The Morgan fingerprint density at radius 1 is 1.26 bits per heavy atom. The number of amides is 1. The number of rotatable bonds is 6. The first-order chi connectivity index (χ1) is 11.0. The minimum atomic E-state index is -0.335. The summed E-state index contributed by atoms with van der Waals surface area (Å²) in [4.78, 5) is 12.0. The summed E-state index contributed by atoms with van der Waals surface area (Å²) >= 11 is 7.09. The van der Waals surface area contributed by atoms with Crippen LogP contribution in [0.15, 0.2) is 42.5 Å². The molecule has 0 heterocycles. The summed E-state index contributed by atoms with van der Waals surface area (Å²) in [6.45, 7) is 3.98. The Hall–Kier alpha value is -1.52. The highest BCUT2D eigenvalue weighted by atomic mass is 35.5. The molecule has 122 valence electrons. The molecule has 0 aromatic heterocycles. The van der Waals surface area contributed by atoms with Crippen molar-refractivity contribution >= 4 is 29.3 Å². The van der Waals surface area contributed by atoms with Gasteiger partial charge in [0.25, 0.3) is 0 Å². The maximum atomic E-state index is 13.6. The van der Waals surface area contributed by atoms with Gasteiger partial charge in [0.15, 0.2) is 0 Å². The minimum Gasteiger partial charge on any atom is -0.349 e. The van der Waals surface area contributed by atoms with Crippen LogP contribution in [0, 0.1) is 12.7 Å². The Labute approximate surface area is 145 Å². The molecule has 23 heavy (non-hydrogen) atoms. The predicted molar refractivity (Wildman–Crippen MR) is 95.3 cm³/mol. The van der Waals surface area contributed by atoms with Gasteiger partial charge >= 0.3 is 0 Å². The fourth-order valence-electron chi connectivity index (χ4n) is 2.11. The number of carbonyl (C=O) groups is 1. The lowest BCUT2D eigenvalue weighted by atomic mass is 10.1. The number of thioether (sulfide) groups is 1. The predicted octanol–water partition coefficient (Wildman–Crippen LogP) is 4.90. The normalized spacial score (nSPS) is 12.0. The Morgan fingerprint density at radius 3 is 2.61 bits per heavy atom. The Kier molecular flexibility index (Phi) is 6.48. The van der Waals surface area contributed by atoms with E-state index < -0.39 is 0 Å². The summed E-state index contributed by atoms with van der Waals surface area (Å²) in [5, 5.41) is 3.33. The standard InChI is InChI=1S/C18H19ClFNOS/c1-12-3-5-14(6-4-12)13(2)21-18(22)11-23-10-15-7-8-16(19)9-17(15)20/h3-9,13H,10-11H2,1-2H3,(H,21,22)/t13-/m1/s1. The van der Waals surface area contributed by atoms with Gasteiger partial charge in [-0.3, -0.25) is 4.79 Å². The van der Waals surface area contributed by atoms with Gasteiger partial charge in [-0.1, -0.05) is 47.5 Å². The first-order valence-electron chi connectivity index (χ1n) is 7.33. The van der Waals surface area contributed by atoms with Crippen LogP contribution >= 0.6 is 23.4 Å². The van der Waals surface area contributed by atoms with E-state index in [1.165, 1.54) is 23.4 Å². The van der Waals surface area contributed by atoms with Crippen LogP contribution < -0.4 is 5.32 Å². The number of nitrogens with one attached hydrogen (secondary N) is 1. The molecule has 0 radical (unpaired) electrons. The highest BCUT2D eigenvalue weighted by Gasteiger charge is 2.10. The SMILES string of the molecule is Cc1ccc([C@@H](C)NC(=O)CSCc2ccc(Cl)cc2F)cc1. The average Bonchev–Trinajstić information content (AvgIpc) is 2.50. The van der Waals surface area contributed by atoms with Gasteiger partial charge in [-0.25, -0.2) is 4.39 Å². The zero-order chi connectivity index (χ0) is 16.8. The van der Waals surface area contributed by atoms with E-state index >= 15 is 0 Å². The lowest BCUT2D eigenvalue weighted by molar-refractivity contribution is -0.119. The minimum absolute atomic E-state index is 0.0454. The second-order valence-corrected chi connectivity index (χ2v) is 6.85. The van der Waals surface area contributed by atoms with E-state index in [2.05, 4.69) is 5.32 Å². The van der Waals surface area contributed by atoms with E-state index in [0.717, 1.165) is 5.56 Å². The summed E-state index contributed by atoms with van der Waals surface area (Å²) in [5.74, 6) is 0.337. The summed E-state index contributed by atoms with van der Waals surface area (Å²) < 4.78 is 13.6. The van der Waals surface area contributed by atoms with Crippen LogP contribution in [-0.4, -0.2) is 11.7 Å². The molecule has 0 aliphatic carbocycles. The largest absolute Gasteiger partial charge is 0.349 e. The number of aryl methyl sites for hydroxylation is 1. The van der Waals surface area contributed by atoms with Gasteiger partial charge in [-0.2, -0.15) is 0 Å². The maximum absolute atomic E-state index is 13.6. The maximum Gasteiger partial charge on any atom is 0.230 e. The fraction of sp³-hybridized carbons (Fsp3) is 0.278. The van der Waals surface area contributed by atoms with E-state index in [0.29, 0.717) is 16.3 Å². The monoisotopic (exact) mass is 351 g/mol. The van der Waals surface area contributed by atoms with Gasteiger partial charge < -0.3 is 5.32 Å². The van der Waals surface area contributed by atoms with Gasteiger partial charge in [0.1, 0.15) is 5.82 Å². The Bertz CT molecular complexity index is 675. The zero-order valence-electron chi connectivity index (χ0n) is 13.1. The van der Waals surface area contributed by atoms with Crippen LogP contribution in [-0.2, 0) is 10.5 Å². The third-order valence-electron chi connectivity index (χ3n) is 3.46. The Balaban J connectivity index is 1.79. The van der Waals surface area contributed by atoms with E-state index in [4.69, 9.17) is 11.6 Å². The second-order valence-electron chi connectivity index (χ2n) is 5.43. The third-order valence-corrected chi connectivity index (χ3v) is 4.68. The number of benzene rings is 2. The molecule has 1 atom stereocenters. The lowest BCUT2D eigenvalue weighted by Crippen LogP contribution is -2.28. The first kappa shape index (κ1) is 17.8. The van der Waals surface area contributed by atoms with Crippen LogP contribution in [0.1, 0.15) is 29.7 Å². The van der Waals surface area contributed by atoms with Crippen molar-refractivity contribution in [1.82, 2.24) is 5.32 Å². The van der Waals surface area contributed by atoms with Crippen molar-refractivity contribution < 1.29 is 9.18 Å². The van der Waals surface area contributed by atoms with Crippen molar-refractivity contribution in [3.8, 4) is 0 Å². The van der Waals surface area contributed by atoms with Crippen molar-refractivity contribution in [3.63, 3.8) is 0 Å². The number of hydrogen-bond donors (Lipinski definition) is 1.